The summed E-state index contributed by atoms with van der Waals surface area (Å²) >= 11 is 5.95. The number of rotatable bonds is 7. The van der Waals surface area contributed by atoms with Gasteiger partial charge in [-0.15, -0.1) is 0 Å². The highest BCUT2D eigenvalue weighted by Crippen LogP contribution is 2.28. The fourth-order valence-electron chi connectivity index (χ4n) is 3.03. The number of hydrogen-bond acceptors (Lipinski definition) is 6. The van der Waals surface area contributed by atoms with E-state index < -0.39 is 10.0 Å². The number of aromatic nitrogens is 2. The lowest BCUT2D eigenvalue weighted by Gasteiger charge is -2.13. The van der Waals surface area contributed by atoms with Crippen LogP contribution in [0.15, 0.2) is 90.1 Å². The molecule has 0 aliphatic carbocycles. The van der Waals surface area contributed by atoms with Crippen LogP contribution in [-0.4, -0.2) is 25.5 Å². The Hall–Kier alpha value is -3.62. The molecule has 0 saturated carbocycles. The average molecular weight is 467 g/mol. The minimum absolute atomic E-state index is 0.0976. The van der Waals surface area contributed by atoms with Gasteiger partial charge in [0.1, 0.15) is 17.9 Å². The normalized spacial score (nSPS) is 11.1. The zero-order valence-electron chi connectivity index (χ0n) is 17.0. The molecule has 0 amide bonds. The first-order valence-corrected chi connectivity index (χ1v) is 11.4. The molecule has 0 saturated heterocycles. The van der Waals surface area contributed by atoms with Crippen LogP contribution in [-0.2, 0) is 10.0 Å². The summed E-state index contributed by atoms with van der Waals surface area (Å²) in [6, 6.07) is 22.3. The summed E-state index contributed by atoms with van der Waals surface area (Å²) in [5, 5.41) is 3.77. The van der Waals surface area contributed by atoms with E-state index in [-0.39, 0.29) is 4.90 Å². The molecule has 0 aliphatic rings. The van der Waals surface area contributed by atoms with E-state index >= 15 is 0 Å². The van der Waals surface area contributed by atoms with E-state index in [1.54, 1.807) is 54.6 Å². The lowest BCUT2D eigenvalue weighted by molar-refractivity contribution is 0.417. The molecule has 0 spiro atoms. The molecule has 32 heavy (non-hydrogen) atoms. The smallest absolute Gasteiger partial charge is 0.262 e. The summed E-state index contributed by atoms with van der Waals surface area (Å²) in [6.07, 6.45) is 1.44. The minimum Gasteiger partial charge on any atom is -0.495 e. The molecule has 0 unspecified atom stereocenters. The molecule has 4 aromatic rings. The highest BCUT2D eigenvalue weighted by atomic mass is 35.5. The van der Waals surface area contributed by atoms with Crippen molar-refractivity contribution in [2.24, 2.45) is 0 Å². The Morgan fingerprint density at radius 1 is 0.906 bits per heavy atom. The zero-order chi connectivity index (χ0) is 22.6. The van der Waals surface area contributed by atoms with E-state index in [9.17, 15) is 8.42 Å². The van der Waals surface area contributed by atoms with Gasteiger partial charge in [0, 0.05) is 22.3 Å². The van der Waals surface area contributed by atoms with E-state index in [0.717, 1.165) is 5.56 Å². The van der Waals surface area contributed by atoms with E-state index in [4.69, 9.17) is 16.3 Å². The SMILES string of the molecule is COc1ccccc1NS(=O)(=O)c1cccc(Nc2cc(-c3ccc(Cl)cc3)ncn2)c1. The van der Waals surface area contributed by atoms with Gasteiger partial charge in [-0.3, -0.25) is 4.72 Å². The van der Waals surface area contributed by atoms with Crippen LogP contribution >= 0.6 is 11.6 Å². The van der Waals surface area contributed by atoms with Crippen molar-refractivity contribution in [3.8, 4) is 17.0 Å². The molecule has 162 valence electrons. The number of methoxy groups -OCH3 is 1. The van der Waals surface area contributed by atoms with Crippen molar-refractivity contribution >= 4 is 38.8 Å². The third-order valence-corrected chi connectivity index (χ3v) is 6.19. The molecule has 0 fully saturated rings. The van der Waals surface area contributed by atoms with Gasteiger partial charge < -0.3 is 10.1 Å². The van der Waals surface area contributed by atoms with Gasteiger partial charge in [-0.25, -0.2) is 18.4 Å². The van der Waals surface area contributed by atoms with Crippen LogP contribution in [0.5, 0.6) is 5.75 Å². The monoisotopic (exact) mass is 466 g/mol. The lowest BCUT2D eigenvalue weighted by atomic mass is 10.1. The molecule has 0 aliphatic heterocycles. The van der Waals surface area contributed by atoms with E-state index in [1.165, 1.54) is 25.6 Å². The molecule has 9 heteroatoms. The van der Waals surface area contributed by atoms with Crippen molar-refractivity contribution in [3.05, 3.63) is 90.2 Å². The quantitative estimate of drug-likeness (QED) is 0.381. The Bertz CT molecular complexity index is 1350. The van der Waals surface area contributed by atoms with Gasteiger partial charge in [0.05, 0.1) is 23.4 Å². The van der Waals surface area contributed by atoms with Gasteiger partial charge in [0.25, 0.3) is 10.0 Å². The zero-order valence-corrected chi connectivity index (χ0v) is 18.6. The molecule has 0 atom stereocenters. The maximum Gasteiger partial charge on any atom is 0.262 e. The van der Waals surface area contributed by atoms with Gasteiger partial charge in [-0.1, -0.05) is 41.9 Å². The third-order valence-electron chi connectivity index (χ3n) is 4.58. The van der Waals surface area contributed by atoms with Crippen molar-refractivity contribution in [3.63, 3.8) is 0 Å². The Morgan fingerprint density at radius 2 is 1.69 bits per heavy atom. The summed E-state index contributed by atoms with van der Waals surface area (Å²) in [6.45, 7) is 0. The van der Waals surface area contributed by atoms with Crippen LogP contribution in [0.2, 0.25) is 5.02 Å². The fourth-order valence-corrected chi connectivity index (χ4v) is 4.27. The number of sulfonamides is 1. The van der Waals surface area contributed by atoms with Crippen molar-refractivity contribution < 1.29 is 13.2 Å². The number of hydrogen-bond donors (Lipinski definition) is 2. The predicted octanol–water partition coefficient (Wildman–Crippen LogP) is 5.35. The maximum absolute atomic E-state index is 12.9. The Morgan fingerprint density at radius 3 is 2.47 bits per heavy atom. The highest BCUT2D eigenvalue weighted by Gasteiger charge is 2.17. The first kappa shape index (κ1) is 21.6. The molecule has 0 bridgehead atoms. The number of nitrogens with one attached hydrogen (secondary N) is 2. The average Bonchev–Trinajstić information content (AvgIpc) is 2.80. The largest absolute Gasteiger partial charge is 0.495 e. The topological polar surface area (TPSA) is 93.2 Å². The summed E-state index contributed by atoms with van der Waals surface area (Å²) < 4.78 is 33.6. The summed E-state index contributed by atoms with van der Waals surface area (Å²) in [7, 11) is -2.35. The number of para-hydroxylation sites is 2. The summed E-state index contributed by atoms with van der Waals surface area (Å²) in [4.78, 5) is 8.62. The Balaban J connectivity index is 1.57. The summed E-state index contributed by atoms with van der Waals surface area (Å²) in [5.74, 6) is 0.957. The van der Waals surface area contributed by atoms with Crippen LogP contribution < -0.4 is 14.8 Å². The van der Waals surface area contributed by atoms with Crippen LogP contribution in [0.3, 0.4) is 0 Å². The number of nitrogens with zero attached hydrogens (tertiary/aromatic N) is 2. The lowest BCUT2D eigenvalue weighted by Crippen LogP contribution is -2.13. The highest BCUT2D eigenvalue weighted by molar-refractivity contribution is 7.92. The molecular formula is C23H19ClN4O3S. The van der Waals surface area contributed by atoms with Gasteiger partial charge in [0.15, 0.2) is 0 Å². The second-order valence-corrected chi connectivity index (χ2v) is 8.87. The van der Waals surface area contributed by atoms with Crippen molar-refractivity contribution in [2.45, 2.75) is 4.90 Å². The second-order valence-electron chi connectivity index (χ2n) is 6.75. The standard InChI is InChI=1S/C23H19ClN4O3S/c1-31-22-8-3-2-7-20(22)28-32(29,30)19-6-4-5-18(13-19)27-23-14-21(25-15-26-23)16-9-11-17(24)12-10-16/h2-15,28H,1H3,(H,25,26,27). The van der Waals surface area contributed by atoms with Crippen LogP contribution in [0, 0.1) is 0 Å². The number of benzene rings is 3. The fraction of sp³-hybridized carbons (Fsp3) is 0.0435. The van der Waals surface area contributed by atoms with Gasteiger partial charge in [-0.05, 0) is 42.5 Å². The minimum atomic E-state index is -3.83. The molecule has 7 nitrogen and oxygen atoms in total. The van der Waals surface area contributed by atoms with E-state index in [1.807, 2.05) is 12.1 Å². The summed E-state index contributed by atoms with van der Waals surface area (Å²) in [5.41, 5.74) is 2.52. The number of halogens is 1. The van der Waals surface area contributed by atoms with Gasteiger partial charge >= 0.3 is 0 Å². The maximum atomic E-state index is 12.9. The molecule has 3 aromatic carbocycles. The second kappa shape index (κ2) is 9.25. The van der Waals surface area contributed by atoms with Crippen LogP contribution in [0.4, 0.5) is 17.2 Å². The molecule has 1 heterocycles. The first-order chi connectivity index (χ1) is 15.4. The van der Waals surface area contributed by atoms with E-state index in [2.05, 4.69) is 20.0 Å². The molecule has 4 rings (SSSR count). The van der Waals surface area contributed by atoms with Gasteiger partial charge in [-0.2, -0.15) is 0 Å². The first-order valence-electron chi connectivity index (χ1n) is 9.55. The third kappa shape index (κ3) is 4.99. The van der Waals surface area contributed by atoms with Crippen molar-refractivity contribution in [1.29, 1.82) is 0 Å². The van der Waals surface area contributed by atoms with Crippen LogP contribution in [0.25, 0.3) is 11.3 Å². The molecule has 1 aromatic heterocycles. The van der Waals surface area contributed by atoms with E-state index in [0.29, 0.717) is 33.7 Å². The van der Waals surface area contributed by atoms with Crippen molar-refractivity contribution in [1.82, 2.24) is 9.97 Å². The Kier molecular flexibility index (Phi) is 6.25. The van der Waals surface area contributed by atoms with Crippen LogP contribution in [0.1, 0.15) is 0 Å². The Labute approximate surface area is 191 Å². The number of anilines is 3. The molecule has 2 N–H and O–H groups in total. The predicted molar refractivity (Wildman–Crippen MR) is 126 cm³/mol. The molecule has 0 radical (unpaired) electrons. The number of ether oxygens (including phenoxy) is 1. The van der Waals surface area contributed by atoms with Gasteiger partial charge in [0.2, 0.25) is 0 Å². The van der Waals surface area contributed by atoms with Crippen molar-refractivity contribution in [2.75, 3.05) is 17.1 Å². The molecular weight excluding hydrogens is 448 g/mol.